The number of ether oxygens (including phenoxy) is 1. The van der Waals surface area contributed by atoms with E-state index in [0.29, 0.717) is 11.9 Å². The number of carbonyl (C=O) groups is 1. The quantitative estimate of drug-likeness (QED) is 0.675. The van der Waals surface area contributed by atoms with Crippen molar-refractivity contribution in [2.24, 2.45) is 0 Å². The minimum Gasteiger partial charge on any atom is -0.464 e. The maximum absolute atomic E-state index is 11.4. The molecule has 0 radical (unpaired) electrons. The number of aromatic nitrogens is 2. The number of nitrogens with one attached hydrogen (secondary N) is 1. The first-order valence-electron chi connectivity index (χ1n) is 6.08. The summed E-state index contributed by atoms with van der Waals surface area (Å²) in [6.07, 6.45) is 5.97. The third-order valence-electron chi connectivity index (χ3n) is 3.05. The molecule has 1 saturated carbocycles. The predicted octanol–water partition coefficient (Wildman–Crippen LogP) is 2.66. The maximum atomic E-state index is 11.4. The highest BCUT2D eigenvalue weighted by molar-refractivity contribution is 6.28. The van der Waals surface area contributed by atoms with Crippen molar-refractivity contribution in [3.8, 4) is 0 Å². The monoisotopic (exact) mass is 269 g/mol. The molecule has 0 atom stereocenters. The summed E-state index contributed by atoms with van der Waals surface area (Å²) in [5.41, 5.74) is 0.177. The molecule has 0 amide bonds. The van der Waals surface area contributed by atoms with Crippen LogP contribution in [0.1, 0.15) is 42.6 Å². The van der Waals surface area contributed by atoms with Crippen molar-refractivity contribution in [3.05, 3.63) is 17.0 Å². The lowest BCUT2D eigenvalue weighted by molar-refractivity contribution is 0.0594. The van der Waals surface area contributed by atoms with Gasteiger partial charge >= 0.3 is 5.97 Å². The topological polar surface area (TPSA) is 64.1 Å². The summed E-state index contributed by atoms with van der Waals surface area (Å²) in [4.78, 5) is 19.3. The Morgan fingerprint density at radius 3 is 2.78 bits per heavy atom. The molecule has 1 fully saturated rings. The summed E-state index contributed by atoms with van der Waals surface area (Å²) in [5, 5.41) is 3.35. The number of nitrogens with zero attached hydrogens (tertiary/aromatic N) is 2. The number of hydrogen-bond acceptors (Lipinski definition) is 5. The normalized spacial score (nSPS) is 16.3. The SMILES string of the molecule is COC(=O)c1cc(NC2CCCCC2)nc(Cl)n1. The molecule has 2 rings (SSSR count). The summed E-state index contributed by atoms with van der Waals surface area (Å²) in [5.74, 6) is 0.0771. The van der Waals surface area contributed by atoms with Gasteiger partial charge in [0.05, 0.1) is 7.11 Å². The standard InChI is InChI=1S/C12H16ClN3O2/c1-18-11(17)9-7-10(16-12(13)15-9)14-8-5-3-2-4-6-8/h7-8H,2-6H2,1H3,(H,14,15,16). The van der Waals surface area contributed by atoms with Crippen LogP contribution in [0.3, 0.4) is 0 Å². The van der Waals surface area contributed by atoms with E-state index in [2.05, 4.69) is 20.0 Å². The molecular formula is C12H16ClN3O2. The van der Waals surface area contributed by atoms with Crippen LogP contribution < -0.4 is 5.32 Å². The Bertz CT molecular complexity index is 433. The summed E-state index contributed by atoms with van der Waals surface area (Å²) in [7, 11) is 1.31. The molecule has 5 nitrogen and oxygen atoms in total. The Labute approximate surface area is 111 Å². The number of esters is 1. The minimum atomic E-state index is -0.508. The fourth-order valence-electron chi connectivity index (χ4n) is 2.16. The Morgan fingerprint density at radius 1 is 1.39 bits per heavy atom. The van der Waals surface area contributed by atoms with Gasteiger partial charge in [0, 0.05) is 12.1 Å². The van der Waals surface area contributed by atoms with Crippen LogP contribution in [-0.4, -0.2) is 29.1 Å². The molecule has 0 spiro atoms. The second-order valence-corrected chi connectivity index (χ2v) is 4.72. The van der Waals surface area contributed by atoms with Gasteiger partial charge in [0.15, 0.2) is 5.69 Å². The van der Waals surface area contributed by atoms with E-state index in [-0.39, 0.29) is 11.0 Å². The summed E-state index contributed by atoms with van der Waals surface area (Å²) in [6, 6.07) is 1.97. The van der Waals surface area contributed by atoms with Gasteiger partial charge in [0.2, 0.25) is 5.28 Å². The summed E-state index contributed by atoms with van der Waals surface area (Å²) in [6.45, 7) is 0. The van der Waals surface area contributed by atoms with Gasteiger partial charge in [-0.05, 0) is 24.4 Å². The number of anilines is 1. The molecule has 0 bridgehead atoms. The van der Waals surface area contributed by atoms with Crippen LogP contribution in [0.4, 0.5) is 5.82 Å². The van der Waals surface area contributed by atoms with Gasteiger partial charge in [-0.2, -0.15) is 0 Å². The smallest absolute Gasteiger partial charge is 0.356 e. The molecular weight excluding hydrogens is 254 g/mol. The molecule has 1 N–H and O–H groups in total. The molecule has 1 aliphatic carbocycles. The molecule has 0 aromatic carbocycles. The lowest BCUT2D eigenvalue weighted by Gasteiger charge is -2.23. The molecule has 18 heavy (non-hydrogen) atoms. The van der Waals surface area contributed by atoms with Crippen molar-refractivity contribution in [1.82, 2.24) is 9.97 Å². The molecule has 98 valence electrons. The fraction of sp³-hybridized carbons (Fsp3) is 0.583. The predicted molar refractivity (Wildman–Crippen MR) is 68.9 cm³/mol. The Kier molecular flexibility index (Phi) is 4.36. The van der Waals surface area contributed by atoms with E-state index in [1.165, 1.54) is 26.4 Å². The van der Waals surface area contributed by atoms with Crippen molar-refractivity contribution in [3.63, 3.8) is 0 Å². The molecule has 0 aliphatic heterocycles. The third kappa shape index (κ3) is 3.32. The number of rotatable bonds is 3. The van der Waals surface area contributed by atoms with E-state index in [0.717, 1.165) is 12.8 Å². The van der Waals surface area contributed by atoms with Crippen LogP contribution in [0.15, 0.2) is 6.07 Å². The van der Waals surface area contributed by atoms with Crippen LogP contribution in [0.25, 0.3) is 0 Å². The lowest BCUT2D eigenvalue weighted by Crippen LogP contribution is -2.23. The van der Waals surface area contributed by atoms with Crippen LogP contribution >= 0.6 is 11.6 Å². The zero-order valence-electron chi connectivity index (χ0n) is 10.3. The Morgan fingerprint density at radius 2 is 2.11 bits per heavy atom. The van der Waals surface area contributed by atoms with Crippen molar-refractivity contribution < 1.29 is 9.53 Å². The number of halogens is 1. The van der Waals surface area contributed by atoms with Crippen LogP contribution in [-0.2, 0) is 4.74 Å². The van der Waals surface area contributed by atoms with Crippen molar-refractivity contribution in [2.75, 3.05) is 12.4 Å². The van der Waals surface area contributed by atoms with E-state index in [9.17, 15) is 4.79 Å². The fourth-order valence-corrected chi connectivity index (χ4v) is 2.34. The Balaban J connectivity index is 2.11. The second kappa shape index (κ2) is 6.00. The molecule has 1 heterocycles. The number of methoxy groups -OCH3 is 1. The van der Waals surface area contributed by atoms with E-state index >= 15 is 0 Å². The van der Waals surface area contributed by atoms with Crippen molar-refractivity contribution in [1.29, 1.82) is 0 Å². The second-order valence-electron chi connectivity index (χ2n) is 4.38. The van der Waals surface area contributed by atoms with Gasteiger partial charge in [-0.15, -0.1) is 0 Å². The van der Waals surface area contributed by atoms with Gasteiger partial charge in [0.1, 0.15) is 5.82 Å². The van der Waals surface area contributed by atoms with E-state index < -0.39 is 5.97 Å². The molecule has 1 aromatic rings. The number of carbonyl (C=O) groups excluding carboxylic acids is 1. The van der Waals surface area contributed by atoms with Gasteiger partial charge in [0.25, 0.3) is 0 Å². The average Bonchev–Trinajstić information content (AvgIpc) is 2.38. The molecule has 1 aliphatic rings. The summed E-state index contributed by atoms with van der Waals surface area (Å²) < 4.78 is 4.62. The van der Waals surface area contributed by atoms with Gasteiger partial charge in [-0.25, -0.2) is 14.8 Å². The zero-order chi connectivity index (χ0) is 13.0. The van der Waals surface area contributed by atoms with Gasteiger partial charge < -0.3 is 10.1 Å². The summed E-state index contributed by atoms with van der Waals surface area (Å²) >= 11 is 5.80. The first-order chi connectivity index (χ1) is 8.69. The highest BCUT2D eigenvalue weighted by Gasteiger charge is 2.16. The highest BCUT2D eigenvalue weighted by Crippen LogP contribution is 2.21. The molecule has 6 heteroatoms. The van der Waals surface area contributed by atoms with E-state index in [1.807, 2.05) is 0 Å². The maximum Gasteiger partial charge on any atom is 0.356 e. The largest absolute Gasteiger partial charge is 0.464 e. The number of hydrogen-bond donors (Lipinski definition) is 1. The minimum absolute atomic E-state index is 0.0520. The zero-order valence-corrected chi connectivity index (χ0v) is 11.0. The molecule has 0 unspecified atom stereocenters. The molecule has 1 aromatic heterocycles. The van der Waals surface area contributed by atoms with Crippen LogP contribution in [0.2, 0.25) is 5.28 Å². The molecule has 0 saturated heterocycles. The van der Waals surface area contributed by atoms with Gasteiger partial charge in [-0.1, -0.05) is 19.3 Å². The lowest BCUT2D eigenvalue weighted by atomic mass is 9.95. The Hall–Kier alpha value is -1.36. The third-order valence-corrected chi connectivity index (χ3v) is 3.22. The van der Waals surface area contributed by atoms with Crippen LogP contribution in [0.5, 0.6) is 0 Å². The first-order valence-corrected chi connectivity index (χ1v) is 6.46. The van der Waals surface area contributed by atoms with Crippen molar-refractivity contribution >= 4 is 23.4 Å². The van der Waals surface area contributed by atoms with E-state index in [4.69, 9.17) is 11.6 Å². The first kappa shape index (κ1) is 13.1. The van der Waals surface area contributed by atoms with E-state index in [1.54, 1.807) is 6.07 Å². The highest BCUT2D eigenvalue weighted by atomic mass is 35.5. The van der Waals surface area contributed by atoms with Crippen LogP contribution in [0, 0.1) is 0 Å². The van der Waals surface area contributed by atoms with Gasteiger partial charge in [-0.3, -0.25) is 0 Å². The average molecular weight is 270 g/mol. The van der Waals surface area contributed by atoms with Crippen molar-refractivity contribution in [2.45, 2.75) is 38.1 Å².